The molecular weight excluding hydrogens is 348 g/mol. The average Bonchev–Trinajstić information content (AvgIpc) is 2.93. The molecule has 3 unspecified atom stereocenters. The van der Waals surface area contributed by atoms with Gasteiger partial charge in [0, 0.05) is 17.5 Å². The third kappa shape index (κ3) is 3.72. The van der Waals surface area contributed by atoms with Gasteiger partial charge < -0.3 is 10.6 Å². The van der Waals surface area contributed by atoms with Crippen LogP contribution in [-0.2, 0) is 4.79 Å². The molecule has 1 amide bonds. The van der Waals surface area contributed by atoms with Gasteiger partial charge in [-0.25, -0.2) is 0 Å². The molecule has 1 aromatic rings. The predicted molar refractivity (Wildman–Crippen MR) is 86.0 cm³/mol. The Hall–Kier alpha value is -0.100. The number of nitrogens with zero attached hydrogens (tertiary/aromatic N) is 1. The number of hydrogen-bond donors (Lipinski definition) is 1. The van der Waals surface area contributed by atoms with E-state index in [2.05, 4.69) is 22.9 Å². The Kier molecular flexibility index (Phi) is 6.30. The van der Waals surface area contributed by atoms with Crippen molar-refractivity contribution in [2.24, 2.45) is 11.7 Å². The maximum atomic E-state index is 12.5. The molecule has 1 aliphatic rings. The molecule has 0 bridgehead atoms. The molecule has 0 radical (unpaired) electrons. The van der Waals surface area contributed by atoms with Crippen molar-refractivity contribution in [3.05, 3.63) is 20.8 Å². The minimum atomic E-state index is -0.0553. The standard InChI is InChI=1S/C13H19BrN2OS.ClH/c1-8-5-10(6-15)7-16(8)13(17)9(2)11-3-4-12(14)18-11;/h3-4,8-10H,5-7,15H2,1-2H3;1H. The van der Waals surface area contributed by atoms with E-state index in [0.29, 0.717) is 18.5 Å². The zero-order valence-electron chi connectivity index (χ0n) is 11.1. The molecule has 1 aliphatic heterocycles. The van der Waals surface area contributed by atoms with Crippen molar-refractivity contribution in [1.29, 1.82) is 0 Å². The van der Waals surface area contributed by atoms with Crippen LogP contribution in [0.3, 0.4) is 0 Å². The number of rotatable bonds is 3. The third-order valence-corrected chi connectivity index (χ3v) is 5.48. The molecule has 0 saturated carbocycles. The Balaban J connectivity index is 0.00000180. The normalized spacial score (nSPS) is 24.1. The minimum absolute atomic E-state index is 0. The van der Waals surface area contributed by atoms with Crippen molar-refractivity contribution in [3.63, 3.8) is 0 Å². The Morgan fingerprint density at radius 1 is 1.63 bits per heavy atom. The fourth-order valence-corrected chi connectivity index (χ4v) is 4.02. The van der Waals surface area contributed by atoms with E-state index in [-0.39, 0.29) is 24.2 Å². The zero-order chi connectivity index (χ0) is 13.3. The second-order valence-electron chi connectivity index (χ2n) is 5.04. The summed E-state index contributed by atoms with van der Waals surface area (Å²) < 4.78 is 1.08. The zero-order valence-corrected chi connectivity index (χ0v) is 14.4. The van der Waals surface area contributed by atoms with E-state index in [9.17, 15) is 4.79 Å². The van der Waals surface area contributed by atoms with Crippen molar-refractivity contribution < 1.29 is 4.79 Å². The van der Waals surface area contributed by atoms with Gasteiger partial charge in [0.2, 0.25) is 5.91 Å². The van der Waals surface area contributed by atoms with E-state index in [1.165, 1.54) is 0 Å². The molecule has 1 aromatic heterocycles. The summed E-state index contributed by atoms with van der Waals surface area (Å²) >= 11 is 5.08. The topological polar surface area (TPSA) is 46.3 Å². The molecule has 19 heavy (non-hydrogen) atoms. The van der Waals surface area contributed by atoms with Crippen LogP contribution >= 0.6 is 39.7 Å². The number of likely N-dealkylation sites (tertiary alicyclic amines) is 1. The van der Waals surface area contributed by atoms with E-state index >= 15 is 0 Å². The van der Waals surface area contributed by atoms with Crippen molar-refractivity contribution in [2.75, 3.05) is 13.1 Å². The second-order valence-corrected chi connectivity index (χ2v) is 7.54. The van der Waals surface area contributed by atoms with E-state index in [1.807, 2.05) is 24.0 Å². The van der Waals surface area contributed by atoms with Gasteiger partial charge in [-0.2, -0.15) is 0 Å². The van der Waals surface area contributed by atoms with Gasteiger partial charge in [0.25, 0.3) is 0 Å². The van der Waals surface area contributed by atoms with Gasteiger partial charge in [0.1, 0.15) is 0 Å². The van der Waals surface area contributed by atoms with E-state index in [4.69, 9.17) is 5.73 Å². The van der Waals surface area contributed by atoms with Gasteiger partial charge in [0.05, 0.1) is 9.70 Å². The minimum Gasteiger partial charge on any atom is -0.339 e. The average molecular weight is 368 g/mol. The molecule has 0 aliphatic carbocycles. The number of amides is 1. The Bertz CT molecular complexity index is 440. The predicted octanol–water partition coefficient (Wildman–Crippen LogP) is 3.23. The molecular formula is C13H20BrClN2OS. The molecule has 2 rings (SSSR count). The summed E-state index contributed by atoms with van der Waals surface area (Å²) in [5.41, 5.74) is 5.71. The largest absolute Gasteiger partial charge is 0.339 e. The number of hydrogen-bond acceptors (Lipinski definition) is 3. The summed E-state index contributed by atoms with van der Waals surface area (Å²) in [5.74, 6) is 0.638. The van der Waals surface area contributed by atoms with Crippen LogP contribution in [0, 0.1) is 5.92 Å². The van der Waals surface area contributed by atoms with Crippen LogP contribution in [0.2, 0.25) is 0 Å². The number of carbonyl (C=O) groups is 1. The summed E-state index contributed by atoms with van der Waals surface area (Å²) in [6.07, 6.45) is 1.03. The smallest absolute Gasteiger partial charge is 0.230 e. The van der Waals surface area contributed by atoms with Crippen LogP contribution in [0.1, 0.15) is 31.1 Å². The van der Waals surface area contributed by atoms with E-state index in [0.717, 1.165) is 21.6 Å². The fraction of sp³-hybridized carbons (Fsp3) is 0.615. The van der Waals surface area contributed by atoms with Crippen LogP contribution in [-0.4, -0.2) is 29.9 Å². The molecule has 3 atom stereocenters. The fourth-order valence-electron chi connectivity index (χ4n) is 2.55. The Morgan fingerprint density at radius 3 is 2.79 bits per heavy atom. The molecule has 6 heteroatoms. The van der Waals surface area contributed by atoms with Crippen LogP contribution < -0.4 is 5.73 Å². The summed E-state index contributed by atoms with van der Waals surface area (Å²) in [5, 5.41) is 0. The molecule has 108 valence electrons. The SMILES string of the molecule is CC(C(=O)N1CC(CN)CC1C)c1ccc(Br)s1.Cl. The monoisotopic (exact) mass is 366 g/mol. The van der Waals surface area contributed by atoms with Gasteiger partial charge in [-0.15, -0.1) is 23.7 Å². The van der Waals surface area contributed by atoms with Crippen molar-refractivity contribution in [2.45, 2.75) is 32.2 Å². The first-order valence-corrected chi connectivity index (χ1v) is 7.89. The van der Waals surface area contributed by atoms with Crippen molar-refractivity contribution in [3.8, 4) is 0 Å². The second kappa shape index (κ2) is 7.07. The molecule has 1 saturated heterocycles. The summed E-state index contributed by atoms with van der Waals surface area (Å²) in [6, 6.07) is 4.34. The van der Waals surface area contributed by atoms with Gasteiger partial charge in [-0.1, -0.05) is 0 Å². The van der Waals surface area contributed by atoms with Crippen LogP contribution in [0.25, 0.3) is 0 Å². The highest BCUT2D eigenvalue weighted by atomic mass is 79.9. The number of thiophene rings is 1. The first-order chi connectivity index (χ1) is 8.52. The molecule has 3 nitrogen and oxygen atoms in total. The van der Waals surface area contributed by atoms with Gasteiger partial charge in [-0.3, -0.25) is 4.79 Å². The number of nitrogens with two attached hydrogens (primary N) is 1. The quantitative estimate of drug-likeness (QED) is 0.891. The van der Waals surface area contributed by atoms with Crippen molar-refractivity contribution >= 4 is 45.6 Å². The maximum absolute atomic E-state index is 12.5. The summed E-state index contributed by atoms with van der Waals surface area (Å²) in [6.45, 7) is 5.59. The molecule has 0 spiro atoms. The van der Waals surface area contributed by atoms with Gasteiger partial charge in [-0.05, 0) is 60.8 Å². The first kappa shape index (κ1) is 17.0. The van der Waals surface area contributed by atoms with E-state index < -0.39 is 0 Å². The molecule has 2 N–H and O–H groups in total. The van der Waals surface area contributed by atoms with Crippen LogP contribution in [0.15, 0.2) is 15.9 Å². The molecule has 0 aromatic carbocycles. The summed E-state index contributed by atoms with van der Waals surface area (Å²) in [4.78, 5) is 15.6. The first-order valence-electron chi connectivity index (χ1n) is 6.28. The van der Waals surface area contributed by atoms with Gasteiger partial charge >= 0.3 is 0 Å². The molecule has 1 fully saturated rings. The Labute approximate surface area is 133 Å². The van der Waals surface area contributed by atoms with Gasteiger partial charge in [0.15, 0.2) is 0 Å². The van der Waals surface area contributed by atoms with Crippen LogP contribution in [0.5, 0.6) is 0 Å². The third-order valence-electron chi connectivity index (χ3n) is 3.67. The Morgan fingerprint density at radius 2 is 2.32 bits per heavy atom. The highest BCUT2D eigenvalue weighted by Gasteiger charge is 2.34. The van der Waals surface area contributed by atoms with Crippen LogP contribution in [0.4, 0.5) is 0 Å². The lowest BCUT2D eigenvalue weighted by Gasteiger charge is -2.24. The number of carbonyl (C=O) groups excluding carboxylic acids is 1. The summed E-state index contributed by atoms with van der Waals surface area (Å²) in [7, 11) is 0. The lowest BCUT2D eigenvalue weighted by Crippen LogP contribution is -2.37. The lowest BCUT2D eigenvalue weighted by atomic mass is 10.1. The highest BCUT2D eigenvalue weighted by molar-refractivity contribution is 9.11. The van der Waals surface area contributed by atoms with Crippen molar-refractivity contribution in [1.82, 2.24) is 4.90 Å². The highest BCUT2D eigenvalue weighted by Crippen LogP contribution is 2.32. The lowest BCUT2D eigenvalue weighted by molar-refractivity contribution is -0.133. The molecule has 2 heterocycles. The number of halogens is 2. The van der Waals surface area contributed by atoms with E-state index in [1.54, 1.807) is 11.3 Å². The maximum Gasteiger partial charge on any atom is 0.230 e.